The van der Waals surface area contributed by atoms with Crippen molar-refractivity contribution in [1.82, 2.24) is 9.38 Å². The molecule has 0 saturated carbocycles. The molecular formula is C15H12N2O5. The molecule has 7 nitrogen and oxygen atoms in total. The van der Waals surface area contributed by atoms with Gasteiger partial charge in [0.1, 0.15) is 12.4 Å². The second kappa shape index (κ2) is 5.28. The van der Waals surface area contributed by atoms with Crippen molar-refractivity contribution >= 4 is 11.5 Å². The van der Waals surface area contributed by atoms with Crippen LogP contribution < -0.4 is 4.74 Å². The lowest BCUT2D eigenvalue weighted by atomic mass is 10.3. The molecule has 2 aromatic heterocycles. The fourth-order valence-electron chi connectivity index (χ4n) is 2.12. The number of carbonyl (C=O) groups is 1. The Kier molecular flexibility index (Phi) is 3.30. The zero-order valence-corrected chi connectivity index (χ0v) is 11.3. The van der Waals surface area contributed by atoms with E-state index in [1.807, 2.05) is 0 Å². The van der Waals surface area contributed by atoms with Gasteiger partial charge < -0.3 is 20.1 Å². The molecule has 0 fully saturated rings. The van der Waals surface area contributed by atoms with Gasteiger partial charge in [-0.05, 0) is 18.2 Å². The van der Waals surface area contributed by atoms with Gasteiger partial charge in [-0.2, -0.15) is 0 Å². The topological polar surface area (TPSA) is 104 Å². The second-order valence-electron chi connectivity index (χ2n) is 4.58. The first kappa shape index (κ1) is 13.7. The molecule has 7 heteroatoms. The van der Waals surface area contributed by atoms with Crippen LogP contribution in [-0.2, 0) is 6.61 Å². The largest absolute Gasteiger partial charge is 0.508 e. The third kappa shape index (κ3) is 2.39. The first-order chi connectivity index (χ1) is 10.6. The summed E-state index contributed by atoms with van der Waals surface area (Å²) in [6, 6.07) is 9.19. The number of aromatic carboxylic acids is 1. The van der Waals surface area contributed by atoms with Crippen LogP contribution in [0.4, 0.5) is 0 Å². The summed E-state index contributed by atoms with van der Waals surface area (Å²) >= 11 is 0. The third-order valence-corrected chi connectivity index (χ3v) is 3.12. The number of pyridine rings is 1. The quantitative estimate of drug-likeness (QED) is 0.681. The van der Waals surface area contributed by atoms with Crippen molar-refractivity contribution < 1.29 is 24.9 Å². The second-order valence-corrected chi connectivity index (χ2v) is 4.58. The zero-order chi connectivity index (χ0) is 15.7. The monoisotopic (exact) mass is 300 g/mol. The molecule has 0 unspecified atom stereocenters. The van der Waals surface area contributed by atoms with E-state index in [2.05, 4.69) is 4.98 Å². The van der Waals surface area contributed by atoms with E-state index in [0.717, 1.165) is 0 Å². The molecule has 0 aliphatic rings. The number of benzene rings is 1. The molecule has 0 atom stereocenters. The standard InChI is InChI=1S/C15H12N2O5/c18-9-5-6-17-10(7-9)14(15(20)21)16-13(17)8-22-12-4-2-1-3-11(12)19/h1-7,18-19H,8H2,(H,20,21). The predicted octanol–water partition coefficient (Wildman–Crippen LogP) is 2.02. The summed E-state index contributed by atoms with van der Waals surface area (Å²) in [6.45, 7) is -0.0310. The minimum absolute atomic E-state index is 0.0144. The van der Waals surface area contributed by atoms with Crippen LogP contribution in [0.1, 0.15) is 16.3 Å². The van der Waals surface area contributed by atoms with Gasteiger partial charge in [-0.15, -0.1) is 0 Å². The van der Waals surface area contributed by atoms with Crippen molar-refractivity contribution in [3.8, 4) is 17.2 Å². The molecule has 1 aromatic carbocycles. The van der Waals surface area contributed by atoms with Crippen molar-refractivity contribution in [2.45, 2.75) is 6.61 Å². The molecule has 0 bridgehead atoms. The highest BCUT2D eigenvalue weighted by atomic mass is 16.5. The number of imidazole rings is 1. The summed E-state index contributed by atoms with van der Waals surface area (Å²) in [4.78, 5) is 15.2. The molecule has 0 amide bonds. The van der Waals surface area contributed by atoms with Gasteiger partial charge >= 0.3 is 5.97 Å². The number of nitrogens with zero attached hydrogens (tertiary/aromatic N) is 2. The van der Waals surface area contributed by atoms with E-state index < -0.39 is 5.97 Å². The molecule has 112 valence electrons. The molecule has 0 aliphatic carbocycles. The van der Waals surface area contributed by atoms with E-state index in [1.165, 1.54) is 28.8 Å². The molecule has 3 N–H and O–H groups in total. The van der Waals surface area contributed by atoms with Gasteiger partial charge in [0.05, 0.1) is 5.52 Å². The fourth-order valence-corrected chi connectivity index (χ4v) is 2.12. The van der Waals surface area contributed by atoms with Gasteiger partial charge in [-0.3, -0.25) is 4.40 Å². The summed E-state index contributed by atoms with van der Waals surface area (Å²) in [7, 11) is 0. The number of fused-ring (bicyclic) bond motifs is 1. The molecule has 3 rings (SSSR count). The maximum atomic E-state index is 11.2. The van der Waals surface area contributed by atoms with Gasteiger partial charge in [0.25, 0.3) is 0 Å². The Morgan fingerprint density at radius 2 is 2.00 bits per heavy atom. The van der Waals surface area contributed by atoms with Gasteiger partial charge in [-0.25, -0.2) is 9.78 Å². The number of para-hydroxylation sites is 2. The van der Waals surface area contributed by atoms with E-state index in [4.69, 9.17) is 4.74 Å². The van der Waals surface area contributed by atoms with E-state index in [-0.39, 0.29) is 35.1 Å². The maximum Gasteiger partial charge on any atom is 0.356 e. The molecule has 2 heterocycles. The lowest BCUT2D eigenvalue weighted by Gasteiger charge is -2.07. The number of carboxylic acids is 1. The van der Waals surface area contributed by atoms with Gasteiger partial charge in [0, 0.05) is 12.3 Å². The first-order valence-electron chi connectivity index (χ1n) is 6.40. The van der Waals surface area contributed by atoms with Crippen LogP contribution in [0.2, 0.25) is 0 Å². The molecule has 0 aliphatic heterocycles. The number of carboxylic acid groups (broad SMARTS) is 1. The van der Waals surface area contributed by atoms with E-state index in [1.54, 1.807) is 18.2 Å². The predicted molar refractivity (Wildman–Crippen MR) is 76.3 cm³/mol. The number of hydrogen-bond acceptors (Lipinski definition) is 5. The van der Waals surface area contributed by atoms with Gasteiger partial charge in [0.2, 0.25) is 0 Å². The Hall–Kier alpha value is -3.22. The first-order valence-corrected chi connectivity index (χ1v) is 6.40. The number of rotatable bonds is 4. The van der Waals surface area contributed by atoms with Crippen LogP contribution in [0.5, 0.6) is 17.2 Å². The van der Waals surface area contributed by atoms with Crippen molar-refractivity contribution in [1.29, 1.82) is 0 Å². The van der Waals surface area contributed by atoms with E-state index in [0.29, 0.717) is 5.82 Å². The highest BCUT2D eigenvalue weighted by Crippen LogP contribution is 2.26. The lowest BCUT2D eigenvalue weighted by Crippen LogP contribution is -2.01. The van der Waals surface area contributed by atoms with Crippen molar-refractivity contribution in [2.24, 2.45) is 0 Å². The van der Waals surface area contributed by atoms with Crippen LogP contribution in [0.15, 0.2) is 42.6 Å². The number of hydrogen-bond donors (Lipinski definition) is 3. The summed E-state index contributed by atoms with van der Waals surface area (Å²) in [5.41, 5.74) is 0.0927. The van der Waals surface area contributed by atoms with Crippen LogP contribution in [-0.4, -0.2) is 30.7 Å². The van der Waals surface area contributed by atoms with Gasteiger partial charge in [0.15, 0.2) is 23.0 Å². The van der Waals surface area contributed by atoms with Crippen molar-refractivity contribution in [3.05, 3.63) is 54.1 Å². The highest BCUT2D eigenvalue weighted by Gasteiger charge is 2.17. The molecule has 22 heavy (non-hydrogen) atoms. The number of aromatic hydroxyl groups is 2. The fraction of sp³-hybridized carbons (Fsp3) is 0.0667. The van der Waals surface area contributed by atoms with Crippen LogP contribution in [0.3, 0.4) is 0 Å². The van der Waals surface area contributed by atoms with E-state index in [9.17, 15) is 20.1 Å². The summed E-state index contributed by atoms with van der Waals surface area (Å²) in [6.07, 6.45) is 1.51. The number of phenols is 1. The minimum atomic E-state index is -1.20. The van der Waals surface area contributed by atoms with Crippen LogP contribution in [0, 0.1) is 0 Å². The highest BCUT2D eigenvalue weighted by molar-refractivity contribution is 5.94. The molecule has 0 saturated heterocycles. The Morgan fingerprint density at radius 1 is 1.23 bits per heavy atom. The minimum Gasteiger partial charge on any atom is -0.508 e. The zero-order valence-electron chi connectivity index (χ0n) is 11.3. The van der Waals surface area contributed by atoms with E-state index >= 15 is 0 Å². The van der Waals surface area contributed by atoms with Crippen LogP contribution >= 0.6 is 0 Å². The Labute approximate surface area is 124 Å². The maximum absolute atomic E-state index is 11.2. The van der Waals surface area contributed by atoms with Crippen molar-refractivity contribution in [3.63, 3.8) is 0 Å². The molecule has 3 aromatic rings. The smallest absolute Gasteiger partial charge is 0.356 e. The summed E-state index contributed by atoms with van der Waals surface area (Å²) in [5.74, 6) is -0.648. The Morgan fingerprint density at radius 3 is 2.73 bits per heavy atom. The summed E-state index contributed by atoms with van der Waals surface area (Å²) < 4.78 is 6.98. The lowest BCUT2D eigenvalue weighted by molar-refractivity contribution is 0.0693. The molecule has 0 spiro atoms. The number of phenolic OH excluding ortho intramolecular Hbond substituents is 1. The average molecular weight is 300 g/mol. The normalized spacial score (nSPS) is 10.7. The number of ether oxygens (including phenoxy) is 1. The molecular weight excluding hydrogens is 288 g/mol. The Bertz CT molecular complexity index is 856. The van der Waals surface area contributed by atoms with Crippen LogP contribution in [0.25, 0.3) is 5.52 Å². The third-order valence-electron chi connectivity index (χ3n) is 3.12. The molecule has 0 radical (unpaired) electrons. The number of aromatic nitrogens is 2. The summed E-state index contributed by atoms with van der Waals surface area (Å²) in [5, 5.41) is 28.3. The van der Waals surface area contributed by atoms with Crippen molar-refractivity contribution in [2.75, 3.05) is 0 Å². The van der Waals surface area contributed by atoms with Gasteiger partial charge in [-0.1, -0.05) is 12.1 Å². The SMILES string of the molecule is O=C(O)c1nc(COc2ccccc2O)n2ccc(O)cc12. The average Bonchev–Trinajstić information content (AvgIpc) is 2.84. The Balaban J connectivity index is 1.97.